The van der Waals surface area contributed by atoms with Gasteiger partial charge in [-0.05, 0) is 37.1 Å². The Bertz CT molecular complexity index is 447. The lowest BCUT2D eigenvalue weighted by Gasteiger charge is -2.14. The average molecular weight is 328 g/mol. The van der Waals surface area contributed by atoms with E-state index in [1.165, 1.54) is 4.90 Å². The van der Waals surface area contributed by atoms with Gasteiger partial charge in [0, 0.05) is 42.4 Å². The van der Waals surface area contributed by atoms with E-state index in [1.54, 1.807) is 18.8 Å². The summed E-state index contributed by atoms with van der Waals surface area (Å²) in [7, 11) is 1.79. The van der Waals surface area contributed by atoms with Crippen molar-refractivity contribution in [3.8, 4) is 0 Å². The highest BCUT2D eigenvalue weighted by Gasteiger charge is 2.15. The van der Waals surface area contributed by atoms with Crippen molar-refractivity contribution >= 4 is 29.3 Å². The molecule has 0 radical (unpaired) electrons. The maximum absolute atomic E-state index is 5.87. The molecule has 1 atom stereocenters. The standard InChI is InChI=1S/C15H22ClN3OS/c1-17-15(19-11-13-3-2-9-20-13)18-8-10-21-14-6-4-12(16)5-7-14/h4-7,13H,2-3,8-11H2,1H3,(H2,17,18,19). The smallest absolute Gasteiger partial charge is 0.191 e. The molecule has 1 fully saturated rings. The molecule has 21 heavy (non-hydrogen) atoms. The molecular weight excluding hydrogens is 306 g/mol. The summed E-state index contributed by atoms with van der Waals surface area (Å²) >= 11 is 7.66. The van der Waals surface area contributed by atoms with Gasteiger partial charge in [0.25, 0.3) is 0 Å². The number of nitrogens with zero attached hydrogens (tertiary/aromatic N) is 1. The van der Waals surface area contributed by atoms with Gasteiger partial charge < -0.3 is 15.4 Å². The first-order chi connectivity index (χ1) is 10.3. The van der Waals surface area contributed by atoms with Gasteiger partial charge in [-0.15, -0.1) is 11.8 Å². The maximum atomic E-state index is 5.87. The number of rotatable bonds is 6. The molecular formula is C15H22ClN3OS. The SMILES string of the molecule is CN=C(NCCSc1ccc(Cl)cc1)NCC1CCCO1. The minimum Gasteiger partial charge on any atom is -0.376 e. The zero-order valence-electron chi connectivity index (χ0n) is 12.3. The van der Waals surface area contributed by atoms with Crippen LogP contribution in [0, 0.1) is 0 Å². The van der Waals surface area contributed by atoms with E-state index in [4.69, 9.17) is 16.3 Å². The Kier molecular flexibility index (Phi) is 7.19. The van der Waals surface area contributed by atoms with Crippen LogP contribution in [0.3, 0.4) is 0 Å². The van der Waals surface area contributed by atoms with Gasteiger partial charge in [0.15, 0.2) is 5.96 Å². The molecule has 0 spiro atoms. The molecule has 1 saturated heterocycles. The molecule has 116 valence electrons. The van der Waals surface area contributed by atoms with Gasteiger partial charge in [-0.25, -0.2) is 0 Å². The number of benzene rings is 1. The number of hydrogen-bond acceptors (Lipinski definition) is 3. The number of hydrogen-bond donors (Lipinski definition) is 2. The van der Waals surface area contributed by atoms with Crippen LogP contribution in [-0.2, 0) is 4.74 Å². The van der Waals surface area contributed by atoms with Crippen LogP contribution in [-0.4, -0.2) is 44.6 Å². The summed E-state index contributed by atoms with van der Waals surface area (Å²) < 4.78 is 5.58. The maximum Gasteiger partial charge on any atom is 0.191 e. The van der Waals surface area contributed by atoms with Crippen molar-refractivity contribution in [3.63, 3.8) is 0 Å². The van der Waals surface area contributed by atoms with Gasteiger partial charge in [0.05, 0.1) is 6.10 Å². The van der Waals surface area contributed by atoms with E-state index in [-0.39, 0.29) is 0 Å². The molecule has 0 saturated carbocycles. The molecule has 2 N–H and O–H groups in total. The van der Waals surface area contributed by atoms with Crippen molar-refractivity contribution in [3.05, 3.63) is 29.3 Å². The quantitative estimate of drug-likeness (QED) is 0.365. The Labute approximate surface area is 135 Å². The Hall–Kier alpha value is -0.910. The number of guanidine groups is 1. The van der Waals surface area contributed by atoms with Crippen LogP contribution in [0.4, 0.5) is 0 Å². The van der Waals surface area contributed by atoms with Crippen molar-refractivity contribution in [2.45, 2.75) is 23.8 Å². The van der Waals surface area contributed by atoms with Crippen LogP contribution < -0.4 is 10.6 Å². The summed E-state index contributed by atoms with van der Waals surface area (Å²) in [5.74, 6) is 1.81. The average Bonchev–Trinajstić information content (AvgIpc) is 3.02. The van der Waals surface area contributed by atoms with Crippen molar-refractivity contribution in [1.82, 2.24) is 10.6 Å². The summed E-state index contributed by atoms with van der Waals surface area (Å²) in [6, 6.07) is 7.91. The highest BCUT2D eigenvalue weighted by atomic mass is 35.5. The lowest BCUT2D eigenvalue weighted by atomic mass is 10.2. The van der Waals surface area contributed by atoms with Gasteiger partial charge in [-0.2, -0.15) is 0 Å². The van der Waals surface area contributed by atoms with Crippen molar-refractivity contribution < 1.29 is 4.74 Å². The summed E-state index contributed by atoms with van der Waals surface area (Å²) in [6.07, 6.45) is 2.62. The predicted molar refractivity (Wildman–Crippen MR) is 90.5 cm³/mol. The molecule has 1 unspecified atom stereocenters. The fraction of sp³-hybridized carbons (Fsp3) is 0.533. The Morgan fingerprint density at radius 2 is 2.19 bits per heavy atom. The molecule has 1 aromatic carbocycles. The molecule has 2 rings (SSSR count). The normalized spacial score (nSPS) is 18.8. The monoisotopic (exact) mass is 327 g/mol. The van der Waals surface area contributed by atoms with Gasteiger partial charge in [0.2, 0.25) is 0 Å². The molecule has 0 aliphatic carbocycles. The minimum atomic E-state index is 0.326. The van der Waals surface area contributed by atoms with Gasteiger partial charge in [0.1, 0.15) is 0 Å². The van der Waals surface area contributed by atoms with Crippen LogP contribution in [0.5, 0.6) is 0 Å². The van der Waals surface area contributed by atoms with Crippen LogP contribution in [0.2, 0.25) is 5.02 Å². The topological polar surface area (TPSA) is 45.7 Å². The first-order valence-electron chi connectivity index (χ1n) is 7.22. The second-order valence-corrected chi connectivity index (χ2v) is 6.42. The molecule has 1 aromatic rings. The summed E-state index contributed by atoms with van der Waals surface area (Å²) in [5, 5.41) is 7.39. The van der Waals surface area contributed by atoms with Crippen LogP contribution in [0.1, 0.15) is 12.8 Å². The molecule has 6 heteroatoms. The molecule has 4 nitrogen and oxygen atoms in total. The molecule has 1 aliphatic heterocycles. The number of nitrogens with one attached hydrogen (secondary N) is 2. The number of ether oxygens (including phenoxy) is 1. The Morgan fingerprint density at radius 3 is 2.86 bits per heavy atom. The summed E-state index contributed by atoms with van der Waals surface area (Å²) in [4.78, 5) is 5.44. The molecule has 1 heterocycles. The van der Waals surface area contributed by atoms with E-state index in [0.717, 1.165) is 49.3 Å². The molecule has 0 bridgehead atoms. The van der Waals surface area contributed by atoms with Crippen molar-refractivity contribution in [1.29, 1.82) is 0 Å². The van der Waals surface area contributed by atoms with Gasteiger partial charge in [-0.3, -0.25) is 4.99 Å². The third-order valence-electron chi connectivity index (χ3n) is 3.22. The molecule has 0 amide bonds. The fourth-order valence-corrected chi connectivity index (χ4v) is 3.00. The second-order valence-electron chi connectivity index (χ2n) is 4.82. The highest BCUT2D eigenvalue weighted by Crippen LogP contribution is 2.19. The van der Waals surface area contributed by atoms with E-state index in [1.807, 2.05) is 24.3 Å². The van der Waals surface area contributed by atoms with Gasteiger partial charge >= 0.3 is 0 Å². The van der Waals surface area contributed by atoms with Gasteiger partial charge in [-0.1, -0.05) is 11.6 Å². The third-order valence-corrected chi connectivity index (χ3v) is 4.49. The summed E-state index contributed by atoms with van der Waals surface area (Å²) in [5.41, 5.74) is 0. The van der Waals surface area contributed by atoms with E-state index in [0.29, 0.717) is 6.10 Å². The third kappa shape index (κ3) is 6.16. The minimum absolute atomic E-state index is 0.326. The molecule has 0 aromatic heterocycles. The second kappa shape index (κ2) is 9.18. The predicted octanol–water partition coefficient (Wildman–Crippen LogP) is 2.78. The van der Waals surface area contributed by atoms with E-state index in [2.05, 4.69) is 15.6 Å². The van der Waals surface area contributed by atoms with Crippen LogP contribution in [0.25, 0.3) is 0 Å². The highest BCUT2D eigenvalue weighted by molar-refractivity contribution is 7.99. The largest absolute Gasteiger partial charge is 0.376 e. The van der Waals surface area contributed by atoms with Crippen molar-refractivity contribution in [2.24, 2.45) is 4.99 Å². The number of aliphatic imine (C=N–C) groups is 1. The number of thioether (sulfide) groups is 1. The van der Waals surface area contributed by atoms with Crippen molar-refractivity contribution in [2.75, 3.05) is 32.5 Å². The Balaban J connectivity index is 1.60. The first kappa shape index (κ1) is 16.5. The lowest BCUT2D eigenvalue weighted by Crippen LogP contribution is -2.41. The van der Waals surface area contributed by atoms with E-state index in [9.17, 15) is 0 Å². The molecule has 1 aliphatic rings. The fourth-order valence-electron chi connectivity index (χ4n) is 2.11. The van der Waals surface area contributed by atoms with Crippen LogP contribution >= 0.6 is 23.4 Å². The first-order valence-corrected chi connectivity index (χ1v) is 8.59. The van der Waals surface area contributed by atoms with E-state index < -0.39 is 0 Å². The lowest BCUT2D eigenvalue weighted by molar-refractivity contribution is 0.114. The zero-order chi connectivity index (χ0) is 14.9. The Morgan fingerprint density at radius 1 is 1.38 bits per heavy atom. The zero-order valence-corrected chi connectivity index (χ0v) is 13.8. The van der Waals surface area contributed by atoms with E-state index >= 15 is 0 Å². The summed E-state index contributed by atoms with van der Waals surface area (Å²) in [6.45, 7) is 2.57. The number of halogens is 1. The van der Waals surface area contributed by atoms with Crippen LogP contribution in [0.15, 0.2) is 34.2 Å².